The first kappa shape index (κ1) is 17.2. The molecule has 0 amide bonds. The molecule has 7 heteroatoms. The van der Waals surface area contributed by atoms with E-state index in [-0.39, 0.29) is 18.2 Å². The predicted molar refractivity (Wildman–Crippen MR) is 98.8 cm³/mol. The van der Waals surface area contributed by atoms with Gasteiger partial charge in [0.2, 0.25) is 0 Å². The summed E-state index contributed by atoms with van der Waals surface area (Å²) in [7, 11) is 0. The zero-order valence-electron chi connectivity index (χ0n) is 14.6. The number of thiazole rings is 1. The summed E-state index contributed by atoms with van der Waals surface area (Å²) in [5, 5.41) is 8.57. The largest absolute Gasteiger partial charge is 0.484 e. The fraction of sp³-hybridized carbons (Fsp3) is 0.368. The first-order chi connectivity index (χ1) is 12.7. The van der Waals surface area contributed by atoms with E-state index in [1.807, 2.05) is 19.2 Å². The highest BCUT2D eigenvalue weighted by molar-refractivity contribution is 7.11. The van der Waals surface area contributed by atoms with Crippen LogP contribution < -0.4 is 4.74 Å². The van der Waals surface area contributed by atoms with Crippen molar-refractivity contribution in [3.05, 3.63) is 63.6 Å². The summed E-state index contributed by atoms with van der Waals surface area (Å²) >= 11 is 1.76. The van der Waals surface area contributed by atoms with Crippen molar-refractivity contribution in [3.8, 4) is 5.75 Å². The number of nitrogens with one attached hydrogen (secondary N) is 1. The number of aryl methyl sites for hydroxylation is 1. The first-order valence-electron chi connectivity index (χ1n) is 8.72. The van der Waals surface area contributed by atoms with Gasteiger partial charge in [0.15, 0.2) is 11.6 Å². The van der Waals surface area contributed by atoms with Crippen molar-refractivity contribution in [1.29, 1.82) is 0 Å². The third kappa shape index (κ3) is 3.94. The Morgan fingerprint density at radius 1 is 1.38 bits per heavy atom. The van der Waals surface area contributed by atoms with E-state index in [2.05, 4.69) is 20.1 Å². The van der Waals surface area contributed by atoms with Crippen molar-refractivity contribution in [2.45, 2.75) is 32.4 Å². The minimum Gasteiger partial charge on any atom is -0.484 e. The van der Waals surface area contributed by atoms with Gasteiger partial charge < -0.3 is 4.74 Å². The van der Waals surface area contributed by atoms with Crippen molar-refractivity contribution in [3.63, 3.8) is 0 Å². The van der Waals surface area contributed by atoms with Crippen LogP contribution in [0.2, 0.25) is 0 Å². The van der Waals surface area contributed by atoms with Gasteiger partial charge in [0, 0.05) is 30.1 Å². The Morgan fingerprint density at radius 3 is 3.08 bits per heavy atom. The summed E-state index contributed by atoms with van der Waals surface area (Å²) in [6.07, 6.45) is 3.07. The molecule has 4 rings (SSSR count). The minimum absolute atomic E-state index is 0.260. The maximum absolute atomic E-state index is 13.6. The smallest absolute Gasteiger partial charge is 0.165 e. The molecule has 3 heterocycles. The summed E-state index contributed by atoms with van der Waals surface area (Å²) in [6, 6.07) is 8.46. The molecule has 3 aromatic rings. The predicted octanol–water partition coefficient (Wildman–Crippen LogP) is 3.88. The number of aromatic nitrogens is 3. The normalized spacial score (nSPS) is 17.7. The third-order valence-corrected chi connectivity index (χ3v) is 5.51. The van der Waals surface area contributed by atoms with Crippen LogP contribution in [0.5, 0.6) is 5.75 Å². The monoisotopic (exact) mass is 372 g/mol. The van der Waals surface area contributed by atoms with Crippen LogP contribution in [-0.4, -0.2) is 33.2 Å². The highest BCUT2D eigenvalue weighted by Crippen LogP contribution is 2.28. The molecule has 1 aromatic carbocycles. The number of nitrogens with zero attached hydrogens (tertiary/aromatic N) is 3. The quantitative estimate of drug-likeness (QED) is 0.713. The first-order valence-corrected chi connectivity index (χ1v) is 9.54. The maximum Gasteiger partial charge on any atom is 0.165 e. The summed E-state index contributed by atoms with van der Waals surface area (Å²) in [4.78, 5) is 8.08. The third-order valence-electron chi connectivity index (χ3n) is 4.61. The second-order valence-corrected chi connectivity index (χ2v) is 7.92. The Kier molecular flexibility index (Phi) is 4.99. The lowest BCUT2D eigenvalue weighted by atomic mass is 10.1. The number of aromatic amines is 1. The zero-order valence-corrected chi connectivity index (χ0v) is 15.4. The van der Waals surface area contributed by atoms with Crippen molar-refractivity contribution >= 4 is 11.3 Å². The van der Waals surface area contributed by atoms with Gasteiger partial charge in [-0.25, -0.2) is 9.37 Å². The van der Waals surface area contributed by atoms with Gasteiger partial charge in [0.1, 0.15) is 6.61 Å². The van der Waals surface area contributed by atoms with Crippen LogP contribution >= 0.6 is 11.3 Å². The Bertz CT molecular complexity index is 878. The fourth-order valence-electron chi connectivity index (χ4n) is 3.30. The van der Waals surface area contributed by atoms with Crippen LogP contribution in [0.3, 0.4) is 0 Å². The van der Waals surface area contributed by atoms with E-state index in [0.29, 0.717) is 5.92 Å². The lowest BCUT2D eigenvalue weighted by Crippen LogP contribution is -2.19. The van der Waals surface area contributed by atoms with E-state index in [1.165, 1.54) is 10.9 Å². The number of hydrogen-bond donors (Lipinski definition) is 1. The topological polar surface area (TPSA) is 54.0 Å². The number of halogens is 1. The molecule has 1 aliphatic heterocycles. The van der Waals surface area contributed by atoms with Gasteiger partial charge in [0.25, 0.3) is 0 Å². The van der Waals surface area contributed by atoms with Crippen LogP contribution in [0, 0.1) is 12.7 Å². The molecular formula is C19H21FN4OS. The van der Waals surface area contributed by atoms with Crippen molar-refractivity contribution in [2.24, 2.45) is 0 Å². The van der Waals surface area contributed by atoms with Crippen LogP contribution in [0.15, 0.2) is 36.5 Å². The van der Waals surface area contributed by atoms with Crippen LogP contribution in [0.1, 0.15) is 33.6 Å². The second kappa shape index (κ2) is 7.55. The van der Waals surface area contributed by atoms with Gasteiger partial charge in [-0.05, 0) is 38.1 Å². The molecule has 1 atom stereocenters. The standard InChI is InChI=1S/C19H21FN4OS/c1-13-21-9-16(26-13)11-24-7-6-14(10-24)18-8-15(22-23-18)12-25-19-5-3-2-4-17(19)20/h2-5,8-9,14H,6-7,10-12H2,1H3,(H,22,23)/t14-/m0/s1. The molecular weight excluding hydrogens is 351 g/mol. The van der Waals surface area contributed by atoms with Crippen LogP contribution in [0.25, 0.3) is 0 Å². The molecule has 1 aliphatic rings. The number of likely N-dealkylation sites (tertiary alicyclic amines) is 1. The Morgan fingerprint density at radius 2 is 2.27 bits per heavy atom. The summed E-state index contributed by atoms with van der Waals surface area (Å²) < 4.78 is 19.1. The molecule has 1 N–H and O–H groups in total. The average Bonchev–Trinajstić information content (AvgIpc) is 3.36. The highest BCUT2D eigenvalue weighted by atomic mass is 32.1. The molecule has 26 heavy (non-hydrogen) atoms. The summed E-state index contributed by atoms with van der Waals surface area (Å²) in [5.74, 6) is 0.329. The molecule has 0 bridgehead atoms. The van der Waals surface area contributed by atoms with Crippen molar-refractivity contribution in [1.82, 2.24) is 20.1 Å². The molecule has 0 aliphatic carbocycles. The number of H-pyrrole nitrogens is 1. The van der Waals surface area contributed by atoms with E-state index in [0.717, 1.165) is 42.5 Å². The molecule has 1 saturated heterocycles. The zero-order chi connectivity index (χ0) is 17.9. The SMILES string of the molecule is Cc1ncc(CN2CC[C@H](c3cc(COc4ccccc4F)[nH]n3)C2)s1. The van der Waals surface area contributed by atoms with Gasteiger partial charge in [-0.3, -0.25) is 10.00 Å². The van der Waals surface area contributed by atoms with E-state index in [9.17, 15) is 4.39 Å². The average molecular weight is 372 g/mol. The minimum atomic E-state index is -0.350. The maximum atomic E-state index is 13.6. The molecule has 0 spiro atoms. The Balaban J connectivity index is 1.32. The van der Waals surface area contributed by atoms with Crippen LogP contribution in [-0.2, 0) is 13.2 Å². The van der Waals surface area contributed by atoms with Gasteiger partial charge in [-0.15, -0.1) is 11.3 Å². The number of hydrogen-bond acceptors (Lipinski definition) is 5. The van der Waals surface area contributed by atoms with Gasteiger partial charge in [0.05, 0.1) is 16.4 Å². The van der Waals surface area contributed by atoms with E-state index >= 15 is 0 Å². The number of rotatable bonds is 6. The molecule has 1 fully saturated rings. The van der Waals surface area contributed by atoms with Gasteiger partial charge in [-0.2, -0.15) is 5.10 Å². The van der Waals surface area contributed by atoms with Gasteiger partial charge in [-0.1, -0.05) is 12.1 Å². The van der Waals surface area contributed by atoms with E-state index in [4.69, 9.17) is 4.74 Å². The lowest BCUT2D eigenvalue weighted by molar-refractivity contribution is 0.286. The van der Waals surface area contributed by atoms with Crippen LogP contribution in [0.4, 0.5) is 4.39 Å². The molecule has 5 nitrogen and oxygen atoms in total. The number of ether oxygens (including phenoxy) is 1. The lowest BCUT2D eigenvalue weighted by Gasteiger charge is -2.13. The molecule has 0 unspecified atom stereocenters. The number of para-hydroxylation sites is 1. The summed E-state index contributed by atoms with van der Waals surface area (Å²) in [5.41, 5.74) is 1.92. The number of benzene rings is 1. The second-order valence-electron chi connectivity index (χ2n) is 6.60. The molecule has 136 valence electrons. The summed E-state index contributed by atoms with van der Waals surface area (Å²) in [6.45, 7) is 5.33. The van der Waals surface area contributed by atoms with E-state index < -0.39 is 0 Å². The fourth-order valence-corrected chi connectivity index (χ4v) is 4.13. The van der Waals surface area contributed by atoms with Gasteiger partial charge >= 0.3 is 0 Å². The molecule has 0 radical (unpaired) electrons. The Labute approximate surface area is 155 Å². The van der Waals surface area contributed by atoms with Crippen molar-refractivity contribution < 1.29 is 9.13 Å². The Hall–Kier alpha value is -2.25. The molecule has 2 aromatic heterocycles. The van der Waals surface area contributed by atoms with Crippen molar-refractivity contribution in [2.75, 3.05) is 13.1 Å². The molecule has 0 saturated carbocycles. The highest BCUT2D eigenvalue weighted by Gasteiger charge is 2.26. The van der Waals surface area contributed by atoms with E-state index in [1.54, 1.807) is 29.5 Å².